The van der Waals surface area contributed by atoms with Gasteiger partial charge in [-0.3, -0.25) is 4.68 Å². The Balaban J connectivity index is 1.63. The monoisotopic (exact) mass is 282 g/mol. The average Bonchev–Trinajstić information content (AvgIpc) is 3.16. The highest BCUT2D eigenvalue weighted by molar-refractivity contribution is 5.34. The molecular weight excluding hydrogens is 264 g/mol. The first-order valence-corrected chi connectivity index (χ1v) is 6.88. The summed E-state index contributed by atoms with van der Waals surface area (Å²) in [6, 6.07) is 8.59. The van der Waals surface area contributed by atoms with Crippen LogP contribution in [0.5, 0.6) is 0 Å². The molecule has 0 unspecified atom stereocenters. The lowest BCUT2D eigenvalue weighted by atomic mass is 10.1. The molecule has 1 aromatic carbocycles. The normalized spacial score (nSPS) is 12.5. The zero-order chi connectivity index (χ0) is 14.7. The summed E-state index contributed by atoms with van der Waals surface area (Å²) in [5.74, 6) is 0. The van der Waals surface area contributed by atoms with Crippen LogP contribution in [0.1, 0.15) is 24.1 Å². The molecule has 0 bridgehead atoms. The molecule has 0 amide bonds. The van der Waals surface area contributed by atoms with Crippen LogP contribution in [0.4, 0.5) is 0 Å². The van der Waals surface area contributed by atoms with Gasteiger partial charge >= 0.3 is 0 Å². The maximum atomic E-state index is 4.17. The number of hydrogen-bond acceptors (Lipinski definition) is 4. The molecule has 2 aromatic heterocycles. The van der Waals surface area contributed by atoms with Crippen LogP contribution in [0, 0.1) is 0 Å². The molecule has 0 spiro atoms. The highest BCUT2D eigenvalue weighted by Gasteiger charge is 2.06. The van der Waals surface area contributed by atoms with Gasteiger partial charge in [0.1, 0.15) is 12.7 Å². The van der Waals surface area contributed by atoms with E-state index in [1.807, 2.05) is 36.3 Å². The van der Waals surface area contributed by atoms with Crippen molar-refractivity contribution in [3.63, 3.8) is 0 Å². The summed E-state index contributed by atoms with van der Waals surface area (Å²) >= 11 is 0. The minimum absolute atomic E-state index is 0.273. The van der Waals surface area contributed by atoms with Gasteiger partial charge in [-0.15, -0.1) is 0 Å². The Hall–Kier alpha value is -2.47. The Labute approximate surface area is 123 Å². The Bertz CT molecular complexity index is 683. The summed E-state index contributed by atoms with van der Waals surface area (Å²) in [4.78, 5) is 3.95. The molecule has 2 heterocycles. The minimum Gasteiger partial charge on any atom is -0.306 e. The topological polar surface area (TPSA) is 60.6 Å². The van der Waals surface area contributed by atoms with Crippen molar-refractivity contribution in [1.82, 2.24) is 29.9 Å². The van der Waals surface area contributed by atoms with E-state index in [0.29, 0.717) is 0 Å². The predicted molar refractivity (Wildman–Crippen MR) is 79.8 cm³/mol. The number of benzene rings is 1. The van der Waals surface area contributed by atoms with Gasteiger partial charge in [-0.05, 0) is 24.6 Å². The predicted octanol–water partition coefficient (Wildman–Crippen LogP) is 1.85. The maximum absolute atomic E-state index is 4.17. The fraction of sp³-hybridized carbons (Fsp3) is 0.267. The van der Waals surface area contributed by atoms with Crippen LogP contribution in [0.2, 0.25) is 0 Å². The van der Waals surface area contributed by atoms with Crippen molar-refractivity contribution in [2.24, 2.45) is 7.05 Å². The minimum atomic E-state index is 0.273. The maximum Gasteiger partial charge on any atom is 0.138 e. The van der Waals surface area contributed by atoms with Crippen molar-refractivity contribution < 1.29 is 0 Å². The number of aromatic nitrogens is 5. The summed E-state index contributed by atoms with van der Waals surface area (Å²) < 4.78 is 3.56. The van der Waals surface area contributed by atoms with Crippen LogP contribution in [-0.4, -0.2) is 24.5 Å². The third-order valence-corrected chi connectivity index (χ3v) is 3.45. The lowest BCUT2D eigenvalue weighted by Gasteiger charge is -2.14. The van der Waals surface area contributed by atoms with E-state index in [9.17, 15) is 0 Å². The van der Waals surface area contributed by atoms with Gasteiger partial charge < -0.3 is 5.32 Å². The molecule has 0 aliphatic heterocycles. The smallest absolute Gasteiger partial charge is 0.138 e. The highest BCUT2D eigenvalue weighted by Crippen LogP contribution is 2.15. The lowest BCUT2D eigenvalue weighted by molar-refractivity contribution is 0.574. The van der Waals surface area contributed by atoms with Gasteiger partial charge in [-0.2, -0.15) is 10.2 Å². The van der Waals surface area contributed by atoms with Crippen molar-refractivity contribution >= 4 is 0 Å². The van der Waals surface area contributed by atoms with Gasteiger partial charge in [0.05, 0.1) is 11.9 Å². The Morgan fingerprint density at radius 1 is 1.19 bits per heavy atom. The van der Waals surface area contributed by atoms with Crippen LogP contribution < -0.4 is 5.32 Å². The van der Waals surface area contributed by atoms with Crippen LogP contribution >= 0.6 is 0 Å². The van der Waals surface area contributed by atoms with E-state index in [1.165, 1.54) is 17.5 Å². The fourth-order valence-corrected chi connectivity index (χ4v) is 2.21. The second-order valence-corrected chi connectivity index (χ2v) is 5.06. The number of aryl methyl sites for hydroxylation is 1. The molecule has 0 saturated heterocycles. The third kappa shape index (κ3) is 3.17. The molecule has 0 aliphatic rings. The molecule has 3 rings (SSSR count). The molecule has 0 aliphatic carbocycles. The molecule has 0 fully saturated rings. The van der Waals surface area contributed by atoms with Gasteiger partial charge in [0.15, 0.2) is 0 Å². The van der Waals surface area contributed by atoms with E-state index in [4.69, 9.17) is 0 Å². The number of nitrogens with one attached hydrogen (secondary N) is 1. The van der Waals surface area contributed by atoms with Crippen LogP contribution in [0.3, 0.4) is 0 Å². The Kier molecular flexibility index (Phi) is 3.79. The zero-order valence-corrected chi connectivity index (χ0v) is 12.1. The summed E-state index contributed by atoms with van der Waals surface area (Å²) in [6.07, 6.45) is 7.13. The summed E-state index contributed by atoms with van der Waals surface area (Å²) in [5, 5.41) is 11.8. The lowest BCUT2D eigenvalue weighted by Crippen LogP contribution is -2.17. The number of nitrogens with zero attached hydrogens (tertiary/aromatic N) is 5. The van der Waals surface area contributed by atoms with Gasteiger partial charge in [0.2, 0.25) is 0 Å². The first-order valence-electron chi connectivity index (χ1n) is 6.88. The van der Waals surface area contributed by atoms with Crippen LogP contribution in [-0.2, 0) is 13.6 Å². The summed E-state index contributed by atoms with van der Waals surface area (Å²) in [5.41, 5.74) is 3.43. The second kappa shape index (κ2) is 5.88. The quantitative estimate of drug-likeness (QED) is 0.776. The van der Waals surface area contributed by atoms with Gasteiger partial charge in [0.25, 0.3) is 0 Å². The molecule has 1 N–H and O–H groups in total. The van der Waals surface area contributed by atoms with Crippen molar-refractivity contribution in [3.05, 3.63) is 60.4 Å². The van der Waals surface area contributed by atoms with E-state index in [1.54, 1.807) is 11.0 Å². The molecule has 108 valence electrons. The standard InChI is InChI=1S/C15H18N6/c1-12(17-7-13-8-18-20(2)9-13)14-3-5-15(6-4-14)21-11-16-10-19-21/h3-6,8-12,17H,7H2,1-2H3/t12-/m1/s1. The van der Waals surface area contributed by atoms with Gasteiger partial charge in [-0.1, -0.05) is 12.1 Å². The molecule has 21 heavy (non-hydrogen) atoms. The molecule has 6 heteroatoms. The SMILES string of the molecule is C[C@@H](NCc1cnn(C)c1)c1ccc(-n2cncn2)cc1. The third-order valence-electron chi connectivity index (χ3n) is 3.45. The van der Waals surface area contributed by atoms with Crippen molar-refractivity contribution in [2.45, 2.75) is 19.5 Å². The fourth-order valence-electron chi connectivity index (χ4n) is 2.21. The van der Waals surface area contributed by atoms with E-state index < -0.39 is 0 Å². The number of rotatable bonds is 5. The first-order chi connectivity index (χ1) is 10.2. The molecule has 0 radical (unpaired) electrons. The van der Waals surface area contributed by atoms with Crippen molar-refractivity contribution in [3.8, 4) is 5.69 Å². The molecular formula is C15H18N6. The molecule has 3 aromatic rings. The van der Waals surface area contributed by atoms with Crippen LogP contribution in [0.15, 0.2) is 49.3 Å². The molecule has 1 atom stereocenters. The van der Waals surface area contributed by atoms with Gasteiger partial charge in [0, 0.05) is 31.4 Å². The van der Waals surface area contributed by atoms with Crippen molar-refractivity contribution in [1.29, 1.82) is 0 Å². The van der Waals surface area contributed by atoms with E-state index in [0.717, 1.165) is 12.2 Å². The van der Waals surface area contributed by atoms with E-state index in [-0.39, 0.29) is 6.04 Å². The van der Waals surface area contributed by atoms with Gasteiger partial charge in [-0.25, -0.2) is 9.67 Å². The Morgan fingerprint density at radius 3 is 2.62 bits per heavy atom. The van der Waals surface area contributed by atoms with Crippen LogP contribution in [0.25, 0.3) is 5.69 Å². The largest absolute Gasteiger partial charge is 0.306 e. The second-order valence-electron chi connectivity index (χ2n) is 5.06. The summed E-state index contributed by atoms with van der Waals surface area (Å²) in [7, 11) is 1.93. The van der Waals surface area contributed by atoms with E-state index in [2.05, 4.69) is 39.6 Å². The Morgan fingerprint density at radius 2 is 2.00 bits per heavy atom. The summed E-state index contributed by atoms with van der Waals surface area (Å²) in [6.45, 7) is 2.96. The number of hydrogen-bond donors (Lipinski definition) is 1. The zero-order valence-electron chi connectivity index (χ0n) is 12.1. The average molecular weight is 282 g/mol. The molecule has 6 nitrogen and oxygen atoms in total. The molecule has 0 saturated carbocycles. The first kappa shape index (κ1) is 13.5. The highest BCUT2D eigenvalue weighted by atomic mass is 15.3. The van der Waals surface area contributed by atoms with E-state index >= 15 is 0 Å². The van der Waals surface area contributed by atoms with Crippen molar-refractivity contribution in [2.75, 3.05) is 0 Å².